The molecule has 172 valence electrons. The maximum absolute atomic E-state index is 13.8. The molecule has 0 heterocycles. The maximum atomic E-state index is 13.8. The van der Waals surface area contributed by atoms with Gasteiger partial charge in [-0.25, -0.2) is 21.6 Å². The second-order valence-electron chi connectivity index (χ2n) is 6.59. The highest BCUT2D eigenvalue weighted by Gasteiger charge is 2.34. The molecule has 1 aromatic carbocycles. The normalized spacial score (nSPS) is 23.6. The van der Waals surface area contributed by atoms with E-state index in [1.54, 1.807) is 4.72 Å². The van der Waals surface area contributed by atoms with E-state index in [0.29, 0.717) is 12.1 Å². The van der Waals surface area contributed by atoms with E-state index in [2.05, 4.69) is 0 Å². The van der Waals surface area contributed by atoms with Crippen LogP contribution in [0.5, 0.6) is 0 Å². The predicted octanol–water partition coefficient (Wildman–Crippen LogP) is 4.91. The number of alkyl halides is 1. The maximum Gasteiger partial charge on any atom is 0.266 e. The van der Waals surface area contributed by atoms with Gasteiger partial charge in [0, 0.05) is 24.6 Å². The fraction of sp³-hybridized carbons (Fsp3) is 0.222. The van der Waals surface area contributed by atoms with Crippen molar-refractivity contribution in [2.45, 2.75) is 24.0 Å². The molecule has 3 rings (SSSR count). The fourth-order valence-electron chi connectivity index (χ4n) is 2.86. The molecule has 2 aliphatic carbocycles. The van der Waals surface area contributed by atoms with E-state index in [-0.39, 0.29) is 22.2 Å². The van der Waals surface area contributed by atoms with E-state index < -0.39 is 60.6 Å². The molecule has 2 aliphatic rings. The number of nitrogens with zero attached hydrogens (tertiary/aromatic N) is 1. The molecule has 3 unspecified atom stereocenters. The molecule has 0 radical (unpaired) electrons. The second kappa shape index (κ2) is 9.44. The van der Waals surface area contributed by atoms with Gasteiger partial charge >= 0.3 is 0 Å². The summed E-state index contributed by atoms with van der Waals surface area (Å²) in [7, 11) is -4.56. The minimum Gasteiger partial charge on any atom is -0.362 e. The number of hydrogen-bond donors (Lipinski definition) is 1. The zero-order valence-electron chi connectivity index (χ0n) is 15.6. The third-order valence-corrected chi connectivity index (χ3v) is 6.75. The van der Waals surface area contributed by atoms with Crippen LogP contribution >= 0.6 is 34.8 Å². The molecule has 0 fully saturated rings. The van der Waals surface area contributed by atoms with Crippen LogP contribution in [0.25, 0.3) is 0 Å². The van der Waals surface area contributed by atoms with Gasteiger partial charge in [0.05, 0.1) is 31.4 Å². The van der Waals surface area contributed by atoms with Crippen molar-refractivity contribution < 1.29 is 31.2 Å². The van der Waals surface area contributed by atoms with Crippen LogP contribution in [0.4, 0.5) is 18.9 Å². The Kier molecular flexibility index (Phi) is 7.25. The number of nitrogens with one attached hydrogen (secondary N) is 1. The number of halogens is 6. The summed E-state index contributed by atoms with van der Waals surface area (Å²) in [6.07, 6.45) is 2.57. The van der Waals surface area contributed by atoms with Gasteiger partial charge in [-0.1, -0.05) is 23.2 Å². The minimum absolute atomic E-state index is 0.0267. The van der Waals surface area contributed by atoms with Gasteiger partial charge in [0.1, 0.15) is 17.6 Å². The van der Waals surface area contributed by atoms with Gasteiger partial charge in [0.25, 0.3) is 15.7 Å². The highest BCUT2D eigenvalue weighted by molar-refractivity contribution is 7.96. The molecule has 0 aliphatic heterocycles. The number of rotatable bonds is 6. The minimum atomic E-state index is -4.56. The highest BCUT2D eigenvalue weighted by Crippen LogP contribution is 2.35. The first-order chi connectivity index (χ1) is 14.9. The summed E-state index contributed by atoms with van der Waals surface area (Å²) in [4.78, 5) is 9.70. The smallest absolute Gasteiger partial charge is 0.266 e. The first kappa shape index (κ1) is 24.6. The number of benzene rings is 1. The van der Waals surface area contributed by atoms with Crippen LogP contribution in [0.2, 0.25) is 0 Å². The van der Waals surface area contributed by atoms with Gasteiger partial charge in [0.2, 0.25) is 0 Å². The largest absolute Gasteiger partial charge is 0.362 e. The standard InChI is InChI=1S/C18H12Cl3F3N2O5S/c19-11-5-9(26(27)28)1-2-16(11)31-18-12(20)6-10(7-13(18)21)32(29,30)25-17-14(23)3-8(22)4-15(17)24/h1,3-7,12,16,18,25H,2H2. The number of sulfonamides is 1. The van der Waals surface area contributed by atoms with Crippen LogP contribution < -0.4 is 4.72 Å². The Morgan fingerprint density at radius 1 is 1.12 bits per heavy atom. The molecule has 32 heavy (non-hydrogen) atoms. The predicted molar refractivity (Wildman–Crippen MR) is 113 cm³/mol. The Labute approximate surface area is 195 Å². The molecular formula is C18H12Cl3F3N2O5S. The molecule has 0 amide bonds. The van der Waals surface area contributed by atoms with Crippen LogP contribution in [-0.2, 0) is 14.8 Å². The third kappa shape index (κ3) is 5.29. The van der Waals surface area contributed by atoms with Gasteiger partial charge in [-0.15, -0.1) is 11.6 Å². The van der Waals surface area contributed by atoms with Crippen molar-refractivity contribution in [3.05, 3.63) is 84.7 Å². The summed E-state index contributed by atoms with van der Waals surface area (Å²) in [5.41, 5.74) is -1.28. The van der Waals surface area contributed by atoms with Crippen molar-refractivity contribution >= 4 is 50.5 Å². The van der Waals surface area contributed by atoms with Crippen molar-refractivity contribution in [1.29, 1.82) is 0 Å². The van der Waals surface area contributed by atoms with E-state index in [4.69, 9.17) is 39.5 Å². The lowest BCUT2D eigenvalue weighted by atomic mass is 10.1. The Morgan fingerprint density at radius 3 is 2.28 bits per heavy atom. The topological polar surface area (TPSA) is 98.5 Å². The lowest BCUT2D eigenvalue weighted by Gasteiger charge is -2.29. The molecular weight excluding hydrogens is 520 g/mol. The highest BCUT2D eigenvalue weighted by atomic mass is 35.5. The Balaban J connectivity index is 1.78. The summed E-state index contributed by atoms with van der Waals surface area (Å²) in [5.74, 6) is -4.14. The zero-order valence-corrected chi connectivity index (χ0v) is 18.7. The summed E-state index contributed by atoms with van der Waals surface area (Å²) in [5, 5.41) is 9.54. The third-order valence-electron chi connectivity index (χ3n) is 4.37. The van der Waals surface area contributed by atoms with Crippen LogP contribution in [-0.4, -0.2) is 30.9 Å². The molecule has 0 saturated heterocycles. The van der Waals surface area contributed by atoms with E-state index in [0.717, 1.165) is 18.2 Å². The van der Waals surface area contributed by atoms with Crippen LogP contribution in [0.15, 0.2) is 57.1 Å². The van der Waals surface area contributed by atoms with E-state index in [1.807, 2.05) is 0 Å². The number of nitro groups is 1. The van der Waals surface area contributed by atoms with Crippen molar-refractivity contribution in [1.82, 2.24) is 0 Å². The number of ether oxygens (including phenoxy) is 1. The van der Waals surface area contributed by atoms with Crippen molar-refractivity contribution in [2.75, 3.05) is 4.72 Å². The van der Waals surface area contributed by atoms with Gasteiger partial charge in [0.15, 0.2) is 11.6 Å². The van der Waals surface area contributed by atoms with Crippen LogP contribution in [0.3, 0.4) is 0 Å². The molecule has 1 aromatic rings. The summed E-state index contributed by atoms with van der Waals surface area (Å²) < 4.78 is 73.2. The molecule has 3 atom stereocenters. The van der Waals surface area contributed by atoms with Gasteiger partial charge in [-0.3, -0.25) is 14.8 Å². The SMILES string of the molecule is O=[N+]([O-])C1=CCC(OC2C(Cl)=CC(S(=O)(=O)Nc3c(F)cc(F)cc3F)=CC2Cl)C(Cl)=C1. The Morgan fingerprint density at radius 2 is 1.75 bits per heavy atom. The zero-order chi connectivity index (χ0) is 23.8. The monoisotopic (exact) mass is 530 g/mol. The van der Waals surface area contributed by atoms with Gasteiger partial charge < -0.3 is 4.74 Å². The summed E-state index contributed by atoms with van der Waals surface area (Å²) in [6.45, 7) is 0. The van der Waals surface area contributed by atoms with Crippen LogP contribution in [0, 0.1) is 27.6 Å². The first-order valence-electron chi connectivity index (χ1n) is 8.66. The number of allylic oxidation sites excluding steroid dienone is 2. The fourth-order valence-corrected chi connectivity index (χ4v) is 5.14. The molecule has 1 N–H and O–H groups in total. The molecule has 0 bridgehead atoms. The first-order valence-corrected chi connectivity index (χ1v) is 11.3. The number of hydrogen-bond acceptors (Lipinski definition) is 5. The average molecular weight is 532 g/mol. The molecule has 14 heteroatoms. The van der Waals surface area contributed by atoms with Crippen molar-refractivity contribution in [3.8, 4) is 0 Å². The molecule has 0 spiro atoms. The second-order valence-corrected chi connectivity index (χ2v) is 9.65. The van der Waals surface area contributed by atoms with Gasteiger partial charge in [-0.2, -0.15) is 0 Å². The lowest BCUT2D eigenvalue weighted by molar-refractivity contribution is -0.419. The number of anilines is 1. The lowest BCUT2D eigenvalue weighted by Crippen LogP contribution is -2.33. The Hall–Kier alpha value is -2.05. The summed E-state index contributed by atoms with van der Waals surface area (Å²) in [6, 6.07) is 0.626. The average Bonchev–Trinajstić information content (AvgIpc) is 2.68. The summed E-state index contributed by atoms with van der Waals surface area (Å²) >= 11 is 18.4. The Bertz CT molecular complexity index is 1180. The molecule has 0 saturated carbocycles. The van der Waals surface area contributed by atoms with Gasteiger partial charge in [-0.05, 0) is 18.2 Å². The van der Waals surface area contributed by atoms with Crippen molar-refractivity contribution in [2.24, 2.45) is 0 Å². The molecule has 0 aromatic heterocycles. The quantitative estimate of drug-likeness (QED) is 0.319. The molecule has 7 nitrogen and oxygen atoms in total. The van der Waals surface area contributed by atoms with Crippen LogP contribution in [0.1, 0.15) is 6.42 Å². The van der Waals surface area contributed by atoms with Crippen molar-refractivity contribution in [3.63, 3.8) is 0 Å². The van der Waals surface area contributed by atoms with E-state index in [9.17, 15) is 31.7 Å². The van der Waals surface area contributed by atoms with E-state index in [1.165, 1.54) is 6.08 Å². The van der Waals surface area contributed by atoms with E-state index >= 15 is 0 Å².